The maximum absolute atomic E-state index is 13.1. The number of hydrogen-bond donors (Lipinski definition) is 3. The summed E-state index contributed by atoms with van der Waals surface area (Å²) in [5.41, 5.74) is 6.06. The zero-order valence-electron chi connectivity index (χ0n) is 8.07. The van der Waals surface area contributed by atoms with Gasteiger partial charge in [0.25, 0.3) is 0 Å². The molecule has 0 aliphatic rings. The summed E-state index contributed by atoms with van der Waals surface area (Å²) in [7, 11) is 0. The summed E-state index contributed by atoms with van der Waals surface area (Å²) < 4.78 is 13.1. The van der Waals surface area contributed by atoms with E-state index in [1.807, 2.05) is 0 Å². The molecule has 1 heterocycles. The fourth-order valence-electron chi connectivity index (χ4n) is 1.34. The number of nitrogens with one attached hydrogen (secondary N) is 1. The molecule has 0 atom stereocenters. The Hall–Kier alpha value is -2.37. The molecule has 5 nitrogen and oxygen atoms in total. The monoisotopic (exact) mass is 221 g/mol. The molecule has 1 aromatic carbocycles. The number of hydrogen-bond acceptors (Lipinski definition) is 3. The SMILES string of the molecule is Nc1ncc(-c2ccc(F)c(C(=O)O)c2)[nH]1. The van der Waals surface area contributed by atoms with Crippen LogP contribution >= 0.6 is 0 Å². The number of anilines is 1. The second-order valence-corrected chi connectivity index (χ2v) is 3.18. The van der Waals surface area contributed by atoms with E-state index in [1.54, 1.807) is 0 Å². The van der Waals surface area contributed by atoms with Crippen LogP contribution in [0.1, 0.15) is 10.4 Å². The van der Waals surface area contributed by atoms with Crippen molar-refractivity contribution >= 4 is 11.9 Å². The number of halogens is 1. The number of nitrogens with two attached hydrogens (primary N) is 1. The fraction of sp³-hybridized carbons (Fsp3) is 0. The van der Waals surface area contributed by atoms with Gasteiger partial charge in [0, 0.05) is 5.56 Å². The molecule has 2 rings (SSSR count). The zero-order chi connectivity index (χ0) is 11.7. The first-order valence-corrected chi connectivity index (χ1v) is 4.41. The predicted molar refractivity (Wildman–Crippen MR) is 55.4 cm³/mol. The molecule has 0 spiro atoms. The van der Waals surface area contributed by atoms with Crippen LogP contribution in [0, 0.1) is 5.82 Å². The molecule has 0 saturated heterocycles. The normalized spacial score (nSPS) is 10.3. The average molecular weight is 221 g/mol. The Bertz CT molecular complexity index is 551. The number of carboxylic acids is 1. The second-order valence-electron chi connectivity index (χ2n) is 3.18. The predicted octanol–water partition coefficient (Wildman–Crippen LogP) is 1.50. The molecule has 4 N–H and O–H groups in total. The molecule has 0 aliphatic carbocycles. The molecular weight excluding hydrogens is 213 g/mol. The van der Waals surface area contributed by atoms with Crippen LogP contribution in [-0.2, 0) is 0 Å². The number of benzene rings is 1. The number of imidazole rings is 1. The summed E-state index contributed by atoms with van der Waals surface area (Å²) in [6.45, 7) is 0. The summed E-state index contributed by atoms with van der Waals surface area (Å²) in [5, 5.41) is 8.75. The Kier molecular flexibility index (Phi) is 2.32. The number of aromatic amines is 1. The molecule has 1 aromatic heterocycles. The highest BCUT2D eigenvalue weighted by Gasteiger charge is 2.12. The maximum Gasteiger partial charge on any atom is 0.338 e. The van der Waals surface area contributed by atoms with Gasteiger partial charge in [-0.1, -0.05) is 0 Å². The van der Waals surface area contributed by atoms with Crippen LogP contribution < -0.4 is 5.73 Å². The summed E-state index contributed by atoms with van der Waals surface area (Å²) >= 11 is 0. The Morgan fingerprint density at radius 1 is 1.50 bits per heavy atom. The molecule has 0 fully saturated rings. The molecule has 0 bridgehead atoms. The van der Waals surface area contributed by atoms with Gasteiger partial charge in [0.2, 0.25) is 0 Å². The largest absolute Gasteiger partial charge is 0.478 e. The lowest BCUT2D eigenvalue weighted by Gasteiger charge is -2.01. The Morgan fingerprint density at radius 2 is 2.25 bits per heavy atom. The van der Waals surface area contributed by atoms with Crippen LogP contribution in [0.15, 0.2) is 24.4 Å². The van der Waals surface area contributed by atoms with Gasteiger partial charge in [-0.3, -0.25) is 0 Å². The van der Waals surface area contributed by atoms with Crippen LogP contribution in [0.4, 0.5) is 10.3 Å². The maximum atomic E-state index is 13.1. The van der Waals surface area contributed by atoms with E-state index in [-0.39, 0.29) is 11.5 Å². The van der Waals surface area contributed by atoms with Crippen molar-refractivity contribution in [3.8, 4) is 11.3 Å². The number of carboxylic acid groups (broad SMARTS) is 1. The minimum Gasteiger partial charge on any atom is -0.478 e. The topological polar surface area (TPSA) is 92.0 Å². The van der Waals surface area contributed by atoms with Gasteiger partial charge in [-0.05, 0) is 18.2 Å². The molecule has 0 amide bonds. The summed E-state index contributed by atoms with van der Waals surface area (Å²) in [4.78, 5) is 17.2. The number of aromatic carboxylic acids is 1. The van der Waals surface area contributed by atoms with Crippen LogP contribution in [0.2, 0.25) is 0 Å². The van der Waals surface area contributed by atoms with Gasteiger partial charge >= 0.3 is 5.97 Å². The van der Waals surface area contributed by atoms with Gasteiger partial charge in [-0.2, -0.15) is 0 Å². The number of nitrogens with zero attached hydrogens (tertiary/aromatic N) is 1. The highest BCUT2D eigenvalue weighted by Crippen LogP contribution is 2.20. The van der Waals surface area contributed by atoms with Crippen LogP contribution in [0.5, 0.6) is 0 Å². The Morgan fingerprint density at radius 3 is 2.81 bits per heavy atom. The number of carbonyl (C=O) groups is 1. The van der Waals surface area contributed by atoms with Crippen molar-refractivity contribution in [3.05, 3.63) is 35.8 Å². The Balaban J connectivity index is 2.51. The third-order valence-corrected chi connectivity index (χ3v) is 2.10. The van der Waals surface area contributed by atoms with Crippen molar-refractivity contribution in [1.82, 2.24) is 9.97 Å². The third kappa shape index (κ3) is 1.72. The molecule has 16 heavy (non-hydrogen) atoms. The van der Waals surface area contributed by atoms with E-state index < -0.39 is 11.8 Å². The molecular formula is C10H8FN3O2. The molecule has 82 valence electrons. The van der Waals surface area contributed by atoms with Crippen molar-refractivity contribution in [2.24, 2.45) is 0 Å². The first-order valence-electron chi connectivity index (χ1n) is 4.41. The molecule has 6 heteroatoms. The van der Waals surface area contributed by atoms with Gasteiger partial charge in [0.15, 0.2) is 5.95 Å². The first-order chi connectivity index (χ1) is 7.58. The second kappa shape index (κ2) is 3.65. The van der Waals surface area contributed by atoms with E-state index in [0.29, 0.717) is 11.3 Å². The van der Waals surface area contributed by atoms with E-state index in [2.05, 4.69) is 9.97 Å². The van der Waals surface area contributed by atoms with Gasteiger partial charge in [0.1, 0.15) is 5.82 Å². The zero-order valence-corrected chi connectivity index (χ0v) is 8.07. The number of H-pyrrole nitrogens is 1. The van der Waals surface area contributed by atoms with Crippen LogP contribution in [0.25, 0.3) is 11.3 Å². The van der Waals surface area contributed by atoms with Gasteiger partial charge in [0.05, 0.1) is 17.5 Å². The molecule has 0 aliphatic heterocycles. The van der Waals surface area contributed by atoms with Crippen molar-refractivity contribution in [1.29, 1.82) is 0 Å². The van der Waals surface area contributed by atoms with Crippen LogP contribution in [-0.4, -0.2) is 21.0 Å². The highest BCUT2D eigenvalue weighted by molar-refractivity contribution is 5.89. The summed E-state index contributed by atoms with van der Waals surface area (Å²) in [5.74, 6) is -1.87. The van der Waals surface area contributed by atoms with Gasteiger partial charge in [-0.25, -0.2) is 14.2 Å². The van der Waals surface area contributed by atoms with Gasteiger partial charge < -0.3 is 15.8 Å². The molecule has 2 aromatic rings. The number of aromatic nitrogens is 2. The Labute approximate surface area is 89.7 Å². The van der Waals surface area contributed by atoms with E-state index in [4.69, 9.17) is 10.8 Å². The summed E-state index contributed by atoms with van der Waals surface area (Å²) in [6, 6.07) is 3.77. The fourth-order valence-corrected chi connectivity index (χ4v) is 1.34. The van der Waals surface area contributed by atoms with Crippen molar-refractivity contribution in [2.75, 3.05) is 5.73 Å². The minimum atomic E-state index is -1.31. The molecule has 0 saturated carbocycles. The van der Waals surface area contributed by atoms with Crippen LogP contribution in [0.3, 0.4) is 0 Å². The lowest BCUT2D eigenvalue weighted by atomic mass is 10.1. The van der Waals surface area contributed by atoms with Crippen molar-refractivity contribution in [2.45, 2.75) is 0 Å². The van der Waals surface area contributed by atoms with E-state index >= 15 is 0 Å². The highest BCUT2D eigenvalue weighted by atomic mass is 19.1. The van der Waals surface area contributed by atoms with E-state index in [0.717, 1.165) is 6.07 Å². The minimum absolute atomic E-state index is 0.219. The average Bonchev–Trinajstić information content (AvgIpc) is 2.65. The molecule has 0 unspecified atom stereocenters. The lowest BCUT2D eigenvalue weighted by Crippen LogP contribution is -2.00. The third-order valence-electron chi connectivity index (χ3n) is 2.10. The standard InChI is InChI=1S/C10H8FN3O2/c11-7-2-1-5(3-6(7)9(15)16)8-4-13-10(12)14-8/h1-4H,(H,15,16)(H3,12,13,14). The van der Waals surface area contributed by atoms with E-state index in [1.165, 1.54) is 18.3 Å². The van der Waals surface area contributed by atoms with E-state index in [9.17, 15) is 9.18 Å². The van der Waals surface area contributed by atoms with Gasteiger partial charge in [-0.15, -0.1) is 0 Å². The smallest absolute Gasteiger partial charge is 0.338 e. The van der Waals surface area contributed by atoms with Crippen molar-refractivity contribution < 1.29 is 14.3 Å². The van der Waals surface area contributed by atoms with Crippen molar-refractivity contribution in [3.63, 3.8) is 0 Å². The quantitative estimate of drug-likeness (QED) is 0.716. The number of rotatable bonds is 2. The summed E-state index contributed by atoms with van der Waals surface area (Å²) in [6.07, 6.45) is 1.45. The number of nitrogen functional groups attached to an aromatic ring is 1. The lowest BCUT2D eigenvalue weighted by molar-refractivity contribution is 0.0692. The molecule has 0 radical (unpaired) electrons. The first kappa shape index (κ1) is 10.2.